The molecule has 0 fully saturated rings. The van der Waals surface area contributed by atoms with Gasteiger partial charge in [0.25, 0.3) is 0 Å². The van der Waals surface area contributed by atoms with Gasteiger partial charge in [0.05, 0.1) is 0 Å². The lowest BCUT2D eigenvalue weighted by Gasteiger charge is -2.14. The zero-order valence-electron chi connectivity index (χ0n) is 6.22. The van der Waals surface area contributed by atoms with Crippen LogP contribution in [0.15, 0.2) is 24.3 Å². The Morgan fingerprint density at radius 3 is 2.50 bits per heavy atom. The van der Waals surface area contributed by atoms with E-state index in [-0.39, 0.29) is 0 Å². The lowest BCUT2D eigenvalue weighted by Crippen LogP contribution is -2.03. The van der Waals surface area contributed by atoms with Crippen molar-refractivity contribution in [2.45, 2.75) is 25.7 Å². The molecule has 0 amide bonds. The summed E-state index contributed by atoms with van der Waals surface area (Å²) < 4.78 is 0. The molecule has 1 atom stereocenters. The van der Waals surface area contributed by atoms with Crippen molar-refractivity contribution < 1.29 is 0 Å². The summed E-state index contributed by atoms with van der Waals surface area (Å²) in [5.74, 6) is 2.56. The van der Waals surface area contributed by atoms with E-state index >= 15 is 0 Å². The van der Waals surface area contributed by atoms with E-state index in [0.29, 0.717) is 0 Å². The van der Waals surface area contributed by atoms with Gasteiger partial charge in [-0.1, -0.05) is 24.3 Å². The molecule has 0 saturated heterocycles. The van der Waals surface area contributed by atoms with Crippen molar-refractivity contribution in [3.63, 3.8) is 0 Å². The Bertz CT molecular complexity index is 157. The Labute approximate surface area is 62.6 Å². The van der Waals surface area contributed by atoms with Crippen molar-refractivity contribution in [1.29, 1.82) is 0 Å². The van der Waals surface area contributed by atoms with Crippen LogP contribution in [0.3, 0.4) is 0 Å². The first-order chi connectivity index (χ1) is 4.97. The highest BCUT2D eigenvalue weighted by atomic mass is 14.3. The summed E-state index contributed by atoms with van der Waals surface area (Å²) in [6.45, 7) is 0. The number of rotatable bonds is 1. The largest absolute Gasteiger partial charge is 0.0882 e. The van der Waals surface area contributed by atoms with Gasteiger partial charge in [0.2, 0.25) is 0 Å². The minimum Gasteiger partial charge on any atom is -0.0882 e. The molecule has 0 aromatic rings. The smallest absolute Gasteiger partial charge is 0.00976 e. The molecule has 2 aliphatic carbocycles. The van der Waals surface area contributed by atoms with Gasteiger partial charge < -0.3 is 0 Å². The maximum atomic E-state index is 2.38. The molecule has 1 unspecified atom stereocenters. The second kappa shape index (κ2) is 2.61. The van der Waals surface area contributed by atoms with Crippen LogP contribution in [0.4, 0.5) is 0 Å². The highest BCUT2D eigenvalue weighted by Crippen LogP contribution is 2.35. The van der Waals surface area contributed by atoms with Crippen LogP contribution in [0, 0.1) is 11.8 Å². The van der Waals surface area contributed by atoms with Gasteiger partial charge in [-0.2, -0.15) is 0 Å². The summed E-state index contributed by atoms with van der Waals surface area (Å²) >= 11 is 0. The Morgan fingerprint density at radius 2 is 1.90 bits per heavy atom. The van der Waals surface area contributed by atoms with Crippen LogP contribution >= 0.6 is 0 Å². The van der Waals surface area contributed by atoms with E-state index in [0.717, 1.165) is 5.92 Å². The van der Waals surface area contributed by atoms with Crippen LogP contribution in [-0.2, 0) is 0 Å². The Balaban J connectivity index is 1.93. The van der Waals surface area contributed by atoms with Crippen molar-refractivity contribution in [2.24, 2.45) is 5.92 Å². The van der Waals surface area contributed by atoms with Crippen molar-refractivity contribution >= 4 is 0 Å². The summed E-state index contributed by atoms with van der Waals surface area (Å²) in [6.07, 6.45) is 14.4. The quantitative estimate of drug-likeness (QED) is 0.482. The zero-order valence-corrected chi connectivity index (χ0v) is 6.22. The molecule has 0 aliphatic heterocycles. The van der Waals surface area contributed by atoms with E-state index < -0.39 is 0 Å². The van der Waals surface area contributed by atoms with Crippen LogP contribution in [0.25, 0.3) is 0 Å². The van der Waals surface area contributed by atoms with E-state index in [1.807, 2.05) is 0 Å². The van der Waals surface area contributed by atoms with Gasteiger partial charge in [0, 0.05) is 0 Å². The van der Waals surface area contributed by atoms with Gasteiger partial charge in [-0.15, -0.1) is 0 Å². The fourth-order valence-corrected chi connectivity index (χ4v) is 1.83. The highest BCUT2D eigenvalue weighted by molar-refractivity contribution is 5.19. The van der Waals surface area contributed by atoms with E-state index in [2.05, 4.69) is 24.3 Å². The molecule has 1 radical (unpaired) electrons. The molecule has 10 heavy (non-hydrogen) atoms. The maximum Gasteiger partial charge on any atom is -0.00976 e. The fourth-order valence-electron chi connectivity index (χ4n) is 1.83. The molecule has 0 saturated carbocycles. The second-order valence-electron chi connectivity index (χ2n) is 3.15. The standard InChI is InChI=1S/C10H13/c1-2-6-9(5-1)10-7-3-4-8-10/h1-3,7,10H,4-6,8H2. The minimum absolute atomic E-state index is 0.829. The molecule has 0 aromatic carbocycles. The van der Waals surface area contributed by atoms with E-state index in [1.54, 1.807) is 5.92 Å². The van der Waals surface area contributed by atoms with Gasteiger partial charge in [0.1, 0.15) is 0 Å². The molecule has 0 bridgehead atoms. The van der Waals surface area contributed by atoms with Crippen molar-refractivity contribution in [2.75, 3.05) is 0 Å². The number of hydrogen-bond donors (Lipinski definition) is 0. The monoisotopic (exact) mass is 133 g/mol. The molecule has 0 heteroatoms. The lowest BCUT2D eigenvalue weighted by atomic mass is 9.90. The van der Waals surface area contributed by atoms with E-state index in [1.165, 1.54) is 25.7 Å². The average molecular weight is 133 g/mol. The van der Waals surface area contributed by atoms with Crippen LogP contribution in [0.5, 0.6) is 0 Å². The average Bonchev–Trinajstić information content (AvgIpc) is 2.59. The van der Waals surface area contributed by atoms with Crippen molar-refractivity contribution in [3.05, 3.63) is 30.2 Å². The first kappa shape index (κ1) is 6.21. The van der Waals surface area contributed by atoms with Gasteiger partial charge in [-0.05, 0) is 37.5 Å². The molecule has 2 aliphatic rings. The zero-order chi connectivity index (χ0) is 6.81. The van der Waals surface area contributed by atoms with Gasteiger partial charge in [-0.25, -0.2) is 0 Å². The first-order valence-electron chi connectivity index (χ1n) is 4.13. The summed E-state index contributed by atoms with van der Waals surface area (Å²) in [5, 5.41) is 0. The van der Waals surface area contributed by atoms with E-state index in [9.17, 15) is 0 Å². The van der Waals surface area contributed by atoms with E-state index in [4.69, 9.17) is 0 Å². The molecule has 0 aromatic heterocycles. The third kappa shape index (κ3) is 1.03. The number of allylic oxidation sites excluding steroid dienone is 4. The van der Waals surface area contributed by atoms with Crippen LogP contribution in [0.2, 0.25) is 0 Å². The molecule has 0 heterocycles. The molecule has 2 rings (SSSR count). The topological polar surface area (TPSA) is 0 Å². The molecule has 0 N–H and O–H groups in total. The summed E-state index contributed by atoms with van der Waals surface area (Å²) in [4.78, 5) is 0. The molecular formula is C10H13. The third-order valence-electron chi connectivity index (χ3n) is 2.46. The van der Waals surface area contributed by atoms with Gasteiger partial charge >= 0.3 is 0 Å². The van der Waals surface area contributed by atoms with Crippen molar-refractivity contribution in [3.8, 4) is 0 Å². The minimum atomic E-state index is 0.829. The Morgan fingerprint density at radius 1 is 1.10 bits per heavy atom. The maximum absolute atomic E-state index is 2.38. The summed E-state index contributed by atoms with van der Waals surface area (Å²) in [5.41, 5.74) is 0. The fraction of sp³-hybridized carbons (Fsp3) is 0.500. The summed E-state index contributed by atoms with van der Waals surface area (Å²) in [7, 11) is 0. The molecule has 53 valence electrons. The molecular weight excluding hydrogens is 120 g/mol. The van der Waals surface area contributed by atoms with Crippen molar-refractivity contribution in [1.82, 2.24) is 0 Å². The SMILES string of the molecule is C1=CC([C]2CC=CC2)CC1. The Hall–Kier alpha value is -0.520. The highest BCUT2D eigenvalue weighted by Gasteiger charge is 2.21. The predicted molar refractivity (Wildman–Crippen MR) is 43.5 cm³/mol. The van der Waals surface area contributed by atoms with Crippen LogP contribution in [-0.4, -0.2) is 0 Å². The third-order valence-corrected chi connectivity index (χ3v) is 2.46. The Kier molecular flexibility index (Phi) is 1.62. The van der Waals surface area contributed by atoms with Crippen LogP contribution in [0.1, 0.15) is 25.7 Å². The van der Waals surface area contributed by atoms with Crippen LogP contribution < -0.4 is 0 Å². The predicted octanol–water partition coefficient (Wildman–Crippen LogP) is 2.88. The molecule has 0 spiro atoms. The second-order valence-corrected chi connectivity index (χ2v) is 3.15. The van der Waals surface area contributed by atoms with Gasteiger partial charge in [-0.3, -0.25) is 0 Å². The first-order valence-corrected chi connectivity index (χ1v) is 4.13. The lowest BCUT2D eigenvalue weighted by molar-refractivity contribution is 0.618. The van der Waals surface area contributed by atoms with Gasteiger partial charge in [0.15, 0.2) is 0 Å². The summed E-state index contributed by atoms with van der Waals surface area (Å²) in [6, 6.07) is 0. The number of hydrogen-bond acceptors (Lipinski definition) is 0. The molecule has 0 nitrogen and oxygen atoms in total. The normalized spacial score (nSPS) is 32.2.